The van der Waals surface area contributed by atoms with E-state index in [1.165, 1.54) is 6.07 Å². The summed E-state index contributed by atoms with van der Waals surface area (Å²) in [6, 6.07) is 1.50. The van der Waals surface area contributed by atoms with Crippen molar-refractivity contribution in [3.05, 3.63) is 10.1 Å². The summed E-state index contributed by atoms with van der Waals surface area (Å²) < 4.78 is -0.289. The highest BCUT2D eigenvalue weighted by molar-refractivity contribution is 6.57. The molecule has 0 N–H and O–H groups in total. The quantitative estimate of drug-likeness (QED) is 0.322. The monoisotopic (exact) mass is 149 g/mol. The first-order chi connectivity index (χ1) is 3.72. The number of carbonyl (C=O) groups excluding carboxylic acids is 1. The lowest BCUT2D eigenvalue weighted by atomic mass is 10.4. The van der Waals surface area contributed by atoms with Crippen molar-refractivity contribution in [3.8, 4) is 6.07 Å². The normalized spacial score (nSPS) is 7.12. The van der Waals surface area contributed by atoms with Crippen molar-refractivity contribution in [1.82, 2.24) is 0 Å². The molecule has 0 aromatic rings. The number of carbonyl (C=O) groups is 1. The highest BCUT2D eigenvalue weighted by Gasteiger charge is 1.95. The average molecular weight is 150 g/mol. The van der Waals surface area contributed by atoms with E-state index in [1.807, 2.05) is 0 Å². The van der Waals surface area contributed by atoms with Gasteiger partial charge in [0.15, 0.2) is 6.29 Å². The molecule has 0 aliphatic rings. The Hall–Kier alpha value is -0.520. The molecule has 0 unspecified atom stereocenters. The van der Waals surface area contributed by atoms with Gasteiger partial charge in [-0.25, -0.2) is 0 Å². The number of rotatable bonds is 1. The van der Waals surface area contributed by atoms with Gasteiger partial charge in [0.25, 0.3) is 0 Å². The molecule has 0 aromatic heterocycles. The molecule has 0 amide bonds. The lowest BCUT2D eigenvalue weighted by Gasteiger charge is -1.78. The van der Waals surface area contributed by atoms with Crippen LogP contribution in [0.5, 0.6) is 0 Å². The number of allylic oxidation sites excluding steroid dienone is 1. The molecule has 0 aliphatic carbocycles. The standard InChI is InChI=1S/C4HCl2NO/c5-4(6)3(1-7)2-8/h2H. The van der Waals surface area contributed by atoms with E-state index in [1.54, 1.807) is 0 Å². The van der Waals surface area contributed by atoms with Gasteiger partial charge < -0.3 is 0 Å². The third-order valence-corrected chi connectivity index (χ3v) is 0.849. The predicted octanol–water partition coefficient (Wildman–Crippen LogP) is 1.40. The van der Waals surface area contributed by atoms with Crippen molar-refractivity contribution >= 4 is 29.5 Å². The Morgan fingerprint density at radius 2 is 2.12 bits per heavy atom. The third kappa shape index (κ3) is 1.97. The van der Waals surface area contributed by atoms with E-state index in [0.717, 1.165) is 0 Å². The highest BCUT2D eigenvalue weighted by atomic mass is 35.5. The van der Waals surface area contributed by atoms with Crippen LogP contribution in [0.1, 0.15) is 0 Å². The van der Waals surface area contributed by atoms with Crippen LogP contribution in [-0.4, -0.2) is 6.29 Å². The Morgan fingerprint density at radius 1 is 1.62 bits per heavy atom. The van der Waals surface area contributed by atoms with Gasteiger partial charge in [-0.15, -0.1) is 0 Å². The van der Waals surface area contributed by atoms with Crippen molar-refractivity contribution in [3.63, 3.8) is 0 Å². The second kappa shape index (κ2) is 3.48. The van der Waals surface area contributed by atoms with Gasteiger partial charge in [0.05, 0.1) is 0 Å². The van der Waals surface area contributed by atoms with Crippen LogP contribution in [-0.2, 0) is 4.79 Å². The fraction of sp³-hybridized carbons (Fsp3) is 0. The summed E-state index contributed by atoms with van der Waals surface area (Å²) in [5, 5.41) is 7.99. The minimum atomic E-state index is -0.289. The maximum Gasteiger partial charge on any atom is 0.163 e. The molecule has 0 saturated heterocycles. The van der Waals surface area contributed by atoms with Gasteiger partial charge in [-0.1, -0.05) is 23.2 Å². The zero-order valence-electron chi connectivity index (χ0n) is 3.69. The highest BCUT2D eigenvalue weighted by Crippen LogP contribution is 2.10. The summed E-state index contributed by atoms with van der Waals surface area (Å²) in [5.74, 6) is 0. The fourth-order valence-electron chi connectivity index (χ4n) is 0.113. The summed E-state index contributed by atoms with van der Waals surface area (Å²) in [6.07, 6.45) is 0.301. The first-order valence-corrected chi connectivity index (χ1v) is 2.38. The molecular formula is C4HCl2NO. The zero-order valence-corrected chi connectivity index (χ0v) is 5.20. The molecule has 4 heteroatoms. The molecule has 0 radical (unpaired) electrons. The molecule has 0 saturated carbocycles. The zero-order chi connectivity index (χ0) is 6.57. The van der Waals surface area contributed by atoms with Crippen LogP contribution in [0.2, 0.25) is 0 Å². The Labute approximate surface area is 56.3 Å². The minimum absolute atomic E-state index is 0.242. The van der Waals surface area contributed by atoms with Crippen LogP contribution in [0.3, 0.4) is 0 Å². The van der Waals surface area contributed by atoms with Gasteiger partial charge in [0.2, 0.25) is 0 Å². The van der Waals surface area contributed by atoms with Gasteiger partial charge in [-0.3, -0.25) is 4.79 Å². The van der Waals surface area contributed by atoms with Crippen molar-refractivity contribution < 1.29 is 4.79 Å². The van der Waals surface area contributed by atoms with Crippen molar-refractivity contribution in [2.75, 3.05) is 0 Å². The summed E-state index contributed by atoms with van der Waals surface area (Å²) in [4.78, 5) is 9.73. The number of hydrogen-bond donors (Lipinski definition) is 0. The maximum absolute atomic E-state index is 9.73. The summed E-state index contributed by atoms with van der Waals surface area (Å²) in [5.41, 5.74) is -0.242. The van der Waals surface area contributed by atoms with Crippen LogP contribution in [0.4, 0.5) is 0 Å². The average Bonchev–Trinajstić information content (AvgIpc) is 1.69. The first-order valence-electron chi connectivity index (χ1n) is 1.63. The van der Waals surface area contributed by atoms with E-state index in [0.29, 0.717) is 6.29 Å². The van der Waals surface area contributed by atoms with Gasteiger partial charge in [0.1, 0.15) is 16.1 Å². The second-order valence-corrected chi connectivity index (χ2v) is 1.85. The molecule has 8 heavy (non-hydrogen) atoms. The minimum Gasteiger partial charge on any atom is -0.297 e. The predicted molar refractivity (Wildman–Crippen MR) is 30.4 cm³/mol. The van der Waals surface area contributed by atoms with Crippen LogP contribution < -0.4 is 0 Å². The van der Waals surface area contributed by atoms with Crippen molar-refractivity contribution in [1.29, 1.82) is 5.26 Å². The van der Waals surface area contributed by atoms with E-state index in [4.69, 9.17) is 28.5 Å². The summed E-state index contributed by atoms with van der Waals surface area (Å²) in [6.45, 7) is 0. The van der Waals surface area contributed by atoms with Gasteiger partial charge in [-0.05, 0) is 0 Å². The van der Waals surface area contributed by atoms with E-state index in [9.17, 15) is 4.79 Å². The molecule has 0 spiro atoms. The van der Waals surface area contributed by atoms with Crippen LogP contribution in [0, 0.1) is 11.3 Å². The smallest absolute Gasteiger partial charge is 0.163 e. The molecule has 0 heterocycles. The van der Waals surface area contributed by atoms with E-state index >= 15 is 0 Å². The van der Waals surface area contributed by atoms with Crippen LogP contribution in [0.25, 0.3) is 0 Å². The Bertz CT molecular complexity index is 163. The van der Waals surface area contributed by atoms with Crippen LogP contribution in [0.15, 0.2) is 10.1 Å². The van der Waals surface area contributed by atoms with Gasteiger partial charge in [-0.2, -0.15) is 5.26 Å². The molecule has 0 aliphatic heterocycles. The maximum atomic E-state index is 9.73. The van der Waals surface area contributed by atoms with Gasteiger partial charge in [0, 0.05) is 0 Å². The third-order valence-electron chi connectivity index (χ3n) is 0.442. The molecular weight excluding hydrogens is 149 g/mol. The molecule has 0 rings (SSSR count). The fourth-order valence-corrected chi connectivity index (χ4v) is 0.287. The molecule has 0 fully saturated rings. The van der Waals surface area contributed by atoms with E-state index in [-0.39, 0.29) is 10.1 Å². The van der Waals surface area contributed by atoms with Gasteiger partial charge >= 0.3 is 0 Å². The SMILES string of the molecule is N#CC(C=O)=C(Cl)Cl. The van der Waals surface area contributed by atoms with Crippen LogP contribution >= 0.6 is 23.2 Å². The number of nitrogens with zero attached hydrogens (tertiary/aromatic N) is 1. The molecule has 0 bridgehead atoms. The second-order valence-electron chi connectivity index (χ2n) is 0.904. The molecule has 0 aromatic carbocycles. The molecule has 0 atom stereocenters. The first kappa shape index (κ1) is 7.48. The number of nitriles is 1. The lowest BCUT2D eigenvalue weighted by molar-refractivity contribution is -0.104. The molecule has 42 valence electrons. The van der Waals surface area contributed by atoms with E-state index < -0.39 is 0 Å². The van der Waals surface area contributed by atoms with Crippen molar-refractivity contribution in [2.24, 2.45) is 0 Å². The molecule has 2 nitrogen and oxygen atoms in total. The number of hydrogen-bond acceptors (Lipinski definition) is 2. The summed E-state index contributed by atoms with van der Waals surface area (Å²) in [7, 11) is 0. The lowest BCUT2D eigenvalue weighted by Crippen LogP contribution is -1.77. The van der Waals surface area contributed by atoms with Crippen molar-refractivity contribution in [2.45, 2.75) is 0 Å². The topological polar surface area (TPSA) is 40.9 Å². The number of aldehydes is 1. The summed E-state index contributed by atoms with van der Waals surface area (Å²) >= 11 is 10.1. The number of halogens is 2. The largest absolute Gasteiger partial charge is 0.297 e. The Balaban J connectivity index is 4.38. The Morgan fingerprint density at radius 3 is 2.12 bits per heavy atom. The Kier molecular flexibility index (Phi) is 3.25. The van der Waals surface area contributed by atoms with E-state index in [2.05, 4.69) is 0 Å².